The van der Waals surface area contributed by atoms with Crippen molar-refractivity contribution in [2.75, 3.05) is 0 Å². The highest BCUT2D eigenvalue weighted by Gasteiger charge is 2.31. The average Bonchev–Trinajstić information content (AvgIpc) is 3.05. The minimum atomic E-state index is -0.584. The van der Waals surface area contributed by atoms with Crippen molar-refractivity contribution in [2.45, 2.75) is 5.92 Å². The van der Waals surface area contributed by atoms with Crippen molar-refractivity contribution in [3.8, 4) is 12.1 Å². The van der Waals surface area contributed by atoms with Crippen molar-refractivity contribution < 1.29 is 0 Å². The Morgan fingerprint density at radius 1 is 0.964 bits per heavy atom. The third-order valence-electron chi connectivity index (χ3n) is 4.62. The van der Waals surface area contributed by atoms with E-state index in [0.717, 1.165) is 11.1 Å². The highest BCUT2D eigenvalue weighted by Crippen LogP contribution is 2.35. The van der Waals surface area contributed by atoms with Gasteiger partial charge in [0.25, 0.3) is 5.56 Å². The Morgan fingerprint density at radius 3 is 2.18 bits per heavy atom. The Bertz CT molecular complexity index is 1350. The first-order chi connectivity index (χ1) is 13.7. The highest BCUT2D eigenvalue weighted by atomic mass is 32.1. The van der Waals surface area contributed by atoms with E-state index in [0.29, 0.717) is 14.8 Å². The molecule has 1 aliphatic rings. The van der Waals surface area contributed by atoms with E-state index >= 15 is 0 Å². The summed E-state index contributed by atoms with van der Waals surface area (Å²) in [6.45, 7) is 0. The van der Waals surface area contributed by atoms with E-state index in [1.165, 1.54) is 15.9 Å². The first-order valence-corrected chi connectivity index (χ1v) is 9.35. The van der Waals surface area contributed by atoms with Gasteiger partial charge in [0.05, 0.1) is 33.7 Å². The number of nitriles is 2. The van der Waals surface area contributed by atoms with Crippen molar-refractivity contribution in [3.63, 3.8) is 0 Å². The van der Waals surface area contributed by atoms with E-state index in [2.05, 4.69) is 12.1 Å². The number of thiazole rings is 1. The zero-order valence-corrected chi connectivity index (χ0v) is 15.5. The zero-order valence-electron chi connectivity index (χ0n) is 14.7. The molecular weight excluding hydrogens is 368 g/mol. The van der Waals surface area contributed by atoms with Gasteiger partial charge < -0.3 is 5.73 Å². The fourth-order valence-corrected chi connectivity index (χ4v) is 4.46. The molecule has 2 aromatic carbocycles. The van der Waals surface area contributed by atoms with E-state index in [9.17, 15) is 15.3 Å². The second-order valence-electron chi connectivity index (χ2n) is 6.25. The van der Waals surface area contributed by atoms with Crippen LogP contribution in [0.25, 0.3) is 17.5 Å². The predicted molar refractivity (Wildman–Crippen MR) is 109 cm³/mol. The summed E-state index contributed by atoms with van der Waals surface area (Å²) in [4.78, 5) is 13.0. The molecule has 0 saturated carbocycles. The molecular formula is C22H14N4OS. The maximum Gasteiger partial charge on any atom is 0.274 e. The molecule has 4 rings (SSSR count). The number of hydrogen-bond donors (Lipinski definition) is 1. The Morgan fingerprint density at radius 2 is 1.57 bits per heavy atom. The van der Waals surface area contributed by atoms with Crippen LogP contribution in [0.4, 0.5) is 0 Å². The summed E-state index contributed by atoms with van der Waals surface area (Å²) >= 11 is 1.22. The number of fused-ring (bicyclic) bond motifs is 1. The number of rotatable bonds is 2. The zero-order chi connectivity index (χ0) is 19.7. The van der Waals surface area contributed by atoms with Gasteiger partial charge in [-0.2, -0.15) is 10.5 Å². The lowest BCUT2D eigenvalue weighted by Crippen LogP contribution is -2.38. The average molecular weight is 382 g/mol. The van der Waals surface area contributed by atoms with Crippen molar-refractivity contribution in [2.24, 2.45) is 5.73 Å². The van der Waals surface area contributed by atoms with E-state index in [-0.39, 0.29) is 17.0 Å². The number of aromatic nitrogens is 1. The standard InChI is InChI=1S/C22H14N4OS/c23-12-16-19(15-9-5-2-6-10-15)17(13-24)22-26(20(16)25)21(27)18(28-22)11-14-7-3-1-4-8-14/h1-11,19H,25H2/b18-11+/t19-/m1/s1. The Balaban J connectivity index is 2.08. The second kappa shape index (κ2) is 7.03. The molecule has 2 heterocycles. The topological polar surface area (TPSA) is 95.6 Å². The van der Waals surface area contributed by atoms with Crippen molar-refractivity contribution in [3.05, 3.63) is 96.9 Å². The number of nitrogens with two attached hydrogens (primary N) is 1. The summed E-state index contributed by atoms with van der Waals surface area (Å²) < 4.78 is 2.22. The summed E-state index contributed by atoms with van der Waals surface area (Å²) in [6, 6.07) is 23.0. The van der Waals surface area contributed by atoms with Gasteiger partial charge in [-0.15, -0.1) is 11.3 Å². The molecule has 0 saturated heterocycles. The minimum Gasteiger partial charge on any atom is -0.384 e. The summed E-state index contributed by atoms with van der Waals surface area (Å²) in [5.74, 6) is -0.502. The molecule has 6 heteroatoms. The van der Waals surface area contributed by atoms with Gasteiger partial charge in [0, 0.05) is 0 Å². The highest BCUT2D eigenvalue weighted by molar-refractivity contribution is 7.07. The van der Waals surface area contributed by atoms with Gasteiger partial charge in [0.2, 0.25) is 0 Å². The van der Waals surface area contributed by atoms with Gasteiger partial charge in [0.15, 0.2) is 0 Å². The molecule has 0 unspecified atom stereocenters. The van der Waals surface area contributed by atoms with E-state index in [1.807, 2.05) is 60.7 Å². The third-order valence-corrected chi connectivity index (χ3v) is 5.73. The number of nitrogens with zero attached hydrogens (tertiary/aromatic N) is 3. The lowest BCUT2D eigenvalue weighted by molar-refractivity contribution is 0.906. The van der Waals surface area contributed by atoms with Crippen LogP contribution in [0.5, 0.6) is 0 Å². The Kier molecular flexibility index (Phi) is 4.41. The lowest BCUT2D eigenvalue weighted by Gasteiger charge is -2.22. The van der Waals surface area contributed by atoms with Crippen LogP contribution in [0, 0.1) is 22.7 Å². The molecule has 1 aromatic heterocycles. The number of benzene rings is 2. The van der Waals surface area contributed by atoms with Crippen LogP contribution in [0.3, 0.4) is 0 Å². The van der Waals surface area contributed by atoms with Crippen LogP contribution in [-0.2, 0) is 0 Å². The molecule has 2 N–H and O–H groups in total. The monoisotopic (exact) mass is 382 g/mol. The van der Waals surface area contributed by atoms with Gasteiger partial charge in [0.1, 0.15) is 10.5 Å². The summed E-state index contributed by atoms with van der Waals surface area (Å²) in [5, 5.41) is 19.6. The fourth-order valence-electron chi connectivity index (χ4n) is 3.33. The van der Waals surface area contributed by atoms with Gasteiger partial charge in [-0.3, -0.25) is 9.36 Å². The predicted octanol–water partition coefficient (Wildman–Crippen LogP) is 1.86. The summed E-state index contributed by atoms with van der Waals surface area (Å²) in [5.41, 5.74) is 8.15. The summed E-state index contributed by atoms with van der Waals surface area (Å²) in [6.07, 6.45) is 1.77. The van der Waals surface area contributed by atoms with Crippen LogP contribution in [0.15, 0.2) is 71.0 Å². The van der Waals surface area contributed by atoms with E-state index in [1.54, 1.807) is 6.08 Å². The molecule has 0 bridgehead atoms. The number of allylic oxidation sites excluding steroid dienone is 1. The molecule has 5 nitrogen and oxygen atoms in total. The number of hydrogen-bond acceptors (Lipinski definition) is 5. The van der Waals surface area contributed by atoms with Crippen molar-refractivity contribution in [1.29, 1.82) is 10.5 Å². The first kappa shape index (κ1) is 17.5. The lowest BCUT2D eigenvalue weighted by atomic mass is 9.84. The molecule has 0 fully saturated rings. The smallest absolute Gasteiger partial charge is 0.274 e. The Labute approximate surface area is 164 Å². The maximum absolute atomic E-state index is 13.0. The van der Waals surface area contributed by atoms with Crippen molar-refractivity contribution >= 4 is 28.8 Å². The molecule has 1 aliphatic heterocycles. The quantitative estimate of drug-likeness (QED) is 0.732. The van der Waals surface area contributed by atoms with E-state index in [4.69, 9.17) is 5.73 Å². The fraction of sp³-hybridized carbons (Fsp3) is 0.0455. The molecule has 0 spiro atoms. The van der Waals surface area contributed by atoms with Crippen LogP contribution in [0.2, 0.25) is 0 Å². The third kappa shape index (κ3) is 2.73. The molecule has 28 heavy (non-hydrogen) atoms. The van der Waals surface area contributed by atoms with Crippen LogP contribution < -0.4 is 20.5 Å². The second-order valence-corrected chi connectivity index (χ2v) is 7.28. The normalized spacial score (nSPS) is 16.4. The van der Waals surface area contributed by atoms with Gasteiger partial charge in [-0.25, -0.2) is 0 Å². The summed E-state index contributed by atoms with van der Waals surface area (Å²) in [7, 11) is 0. The SMILES string of the molecule is N#CC1=C(N)n2c(s/c(=C/c3ccccc3)c2=O)=C(C#N)[C@@H]1c1ccccc1. The molecule has 0 radical (unpaired) electrons. The Hall–Kier alpha value is -3.87. The van der Waals surface area contributed by atoms with Crippen LogP contribution in [0.1, 0.15) is 17.0 Å². The van der Waals surface area contributed by atoms with Gasteiger partial charge in [-0.05, 0) is 17.2 Å². The molecule has 0 amide bonds. The van der Waals surface area contributed by atoms with Crippen LogP contribution >= 0.6 is 11.3 Å². The largest absolute Gasteiger partial charge is 0.384 e. The molecule has 3 aromatic rings. The van der Waals surface area contributed by atoms with Crippen LogP contribution in [-0.4, -0.2) is 4.57 Å². The molecule has 0 aliphatic carbocycles. The van der Waals surface area contributed by atoms with Gasteiger partial charge in [-0.1, -0.05) is 60.7 Å². The first-order valence-electron chi connectivity index (χ1n) is 8.53. The molecule has 134 valence electrons. The van der Waals surface area contributed by atoms with Gasteiger partial charge >= 0.3 is 0 Å². The maximum atomic E-state index is 13.0. The minimum absolute atomic E-state index is 0.0827. The van der Waals surface area contributed by atoms with E-state index < -0.39 is 5.92 Å². The molecule has 1 atom stereocenters. The van der Waals surface area contributed by atoms with Crippen molar-refractivity contribution in [1.82, 2.24) is 4.57 Å².